The second-order valence-electron chi connectivity index (χ2n) is 9.32. The largest absolute Gasteiger partial charge is 0.443 e. The van der Waals surface area contributed by atoms with Crippen LogP contribution < -0.4 is 0 Å². The van der Waals surface area contributed by atoms with Crippen LogP contribution in [0.1, 0.15) is 47.1 Å². The van der Waals surface area contributed by atoms with Crippen molar-refractivity contribution in [1.29, 1.82) is 0 Å². The summed E-state index contributed by atoms with van der Waals surface area (Å²) >= 11 is 0. The Balaban J connectivity index is 2.07. The van der Waals surface area contributed by atoms with Crippen molar-refractivity contribution in [3.63, 3.8) is 0 Å². The number of carbonyl (C=O) groups is 2. The SMILES string of the molecule is C=C1c2cc(F)c(F)c3ccn(c23)C[C@H]1N(C(=O)OC(C)(C)C)C(=O)OC(C)(C)C. The third kappa shape index (κ3) is 4.04. The Morgan fingerprint density at radius 1 is 1.10 bits per heavy atom. The fraction of sp³-hybridized carbons (Fsp3) is 0.455. The van der Waals surface area contributed by atoms with E-state index in [9.17, 15) is 18.4 Å². The zero-order valence-corrected chi connectivity index (χ0v) is 18.0. The fourth-order valence-electron chi connectivity index (χ4n) is 3.40. The summed E-state index contributed by atoms with van der Waals surface area (Å²) in [6, 6.07) is 1.59. The summed E-state index contributed by atoms with van der Waals surface area (Å²) in [5, 5.41) is 0.116. The minimum atomic E-state index is -1.03. The Morgan fingerprint density at radius 3 is 2.13 bits per heavy atom. The molecule has 1 aliphatic rings. The maximum absolute atomic E-state index is 14.2. The third-order valence-corrected chi connectivity index (χ3v) is 4.55. The molecule has 2 amide bonds. The van der Waals surface area contributed by atoms with E-state index in [0.29, 0.717) is 16.7 Å². The zero-order valence-electron chi connectivity index (χ0n) is 18.0. The van der Waals surface area contributed by atoms with Gasteiger partial charge in [0.25, 0.3) is 0 Å². The van der Waals surface area contributed by atoms with E-state index in [1.807, 2.05) is 0 Å². The zero-order chi connectivity index (χ0) is 22.6. The molecule has 0 bridgehead atoms. The molecular weight excluding hydrogens is 394 g/mol. The number of hydrogen-bond acceptors (Lipinski definition) is 4. The molecular formula is C22H26F2N2O4. The predicted octanol–water partition coefficient (Wildman–Crippen LogP) is 5.49. The number of aromatic nitrogens is 1. The van der Waals surface area contributed by atoms with E-state index in [4.69, 9.17) is 9.47 Å². The Bertz CT molecular complexity index is 1020. The maximum Gasteiger partial charge on any atom is 0.420 e. The normalized spacial score (nSPS) is 16.5. The summed E-state index contributed by atoms with van der Waals surface area (Å²) in [6.45, 7) is 14.2. The smallest absolute Gasteiger partial charge is 0.420 e. The second kappa shape index (κ2) is 7.11. The molecule has 6 nitrogen and oxygen atoms in total. The molecule has 1 atom stereocenters. The molecule has 1 aromatic carbocycles. The topological polar surface area (TPSA) is 60.8 Å². The van der Waals surface area contributed by atoms with Crippen LogP contribution in [0.25, 0.3) is 16.5 Å². The van der Waals surface area contributed by atoms with E-state index in [1.165, 1.54) is 6.07 Å². The Morgan fingerprint density at radius 2 is 1.63 bits per heavy atom. The van der Waals surface area contributed by atoms with Crippen molar-refractivity contribution in [2.75, 3.05) is 0 Å². The van der Waals surface area contributed by atoms with Gasteiger partial charge >= 0.3 is 12.2 Å². The van der Waals surface area contributed by atoms with Gasteiger partial charge in [0, 0.05) is 23.7 Å². The van der Waals surface area contributed by atoms with Gasteiger partial charge in [-0.3, -0.25) is 0 Å². The number of nitrogens with zero attached hydrogens (tertiary/aromatic N) is 2. The summed E-state index contributed by atoms with van der Waals surface area (Å²) in [7, 11) is 0. The van der Waals surface area contributed by atoms with Crippen LogP contribution in [-0.4, -0.2) is 38.9 Å². The summed E-state index contributed by atoms with van der Waals surface area (Å²) in [4.78, 5) is 26.8. The average molecular weight is 420 g/mol. The Kier molecular flexibility index (Phi) is 5.16. The average Bonchev–Trinajstić information content (AvgIpc) is 2.97. The lowest BCUT2D eigenvalue weighted by Crippen LogP contribution is -2.51. The van der Waals surface area contributed by atoms with Crippen LogP contribution in [0.3, 0.4) is 0 Å². The van der Waals surface area contributed by atoms with Crippen molar-refractivity contribution in [3.8, 4) is 0 Å². The Hall–Kier alpha value is -2.90. The van der Waals surface area contributed by atoms with Crippen LogP contribution in [0, 0.1) is 11.6 Å². The molecule has 0 saturated carbocycles. The van der Waals surface area contributed by atoms with E-state index in [0.717, 1.165) is 11.0 Å². The first-order valence-corrected chi connectivity index (χ1v) is 9.61. The molecule has 1 aliphatic heterocycles. The van der Waals surface area contributed by atoms with E-state index in [-0.39, 0.29) is 11.9 Å². The molecule has 0 aliphatic carbocycles. The number of rotatable bonds is 1. The molecule has 0 N–H and O–H groups in total. The molecule has 8 heteroatoms. The first kappa shape index (κ1) is 21.8. The van der Waals surface area contributed by atoms with Crippen LogP contribution in [0.5, 0.6) is 0 Å². The van der Waals surface area contributed by atoms with E-state index in [2.05, 4.69) is 6.58 Å². The molecule has 2 aromatic rings. The van der Waals surface area contributed by atoms with E-state index in [1.54, 1.807) is 52.3 Å². The fourth-order valence-corrected chi connectivity index (χ4v) is 3.40. The van der Waals surface area contributed by atoms with Crippen molar-refractivity contribution < 1.29 is 27.8 Å². The number of hydrogen-bond donors (Lipinski definition) is 0. The monoisotopic (exact) mass is 420 g/mol. The van der Waals surface area contributed by atoms with E-state index < -0.39 is 41.1 Å². The lowest BCUT2D eigenvalue weighted by molar-refractivity contribution is -0.00408. The lowest BCUT2D eigenvalue weighted by atomic mass is 9.93. The van der Waals surface area contributed by atoms with Crippen LogP contribution in [0.15, 0.2) is 24.9 Å². The first-order chi connectivity index (χ1) is 13.7. The number of amides is 2. The highest BCUT2D eigenvalue weighted by atomic mass is 19.2. The first-order valence-electron chi connectivity index (χ1n) is 9.61. The van der Waals surface area contributed by atoms with Crippen molar-refractivity contribution in [1.82, 2.24) is 9.47 Å². The summed E-state index contributed by atoms with van der Waals surface area (Å²) < 4.78 is 40.9. The summed E-state index contributed by atoms with van der Waals surface area (Å²) in [6.07, 6.45) is -0.229. The number of carbonyl (C=O) groups excluding carboxylic acids is 2. The van der Waals surface area contributed by atoms with Crippen LogP contribution in [0.2, 0.25) is 0 Å². The Labute approximate surface area is 174 Å². The standard InChI is InChI=1S/C22H26F2N2O4/c1-12-14-10-15(23)17(24)13-8-9-25(18(13)14)11-16(12)26(19(27)29-21(2,3)4)20(28)30-22(5,6)7/h8-10,16H,1,11H2,2-7H3/t16-/m1/s1. The molecule has 30 heavy (non-hydrogen) atoms. The van der Waals surface area contributed by atoms with Gasteiger partial charge in [-0.1, -0.05) is 6.58 Å². The number of imide groups is 1. The van der Waals surface area contributed by atoms with Gasteiger partial charge in [-0.2, -0.15) is 0 Å². The maximum atomic E-state index is 14.2. The molecule has 2 heterocycles. The predicted molar refractivity (Wildman–Crippen MR) is 109 cm³/mol. The van der Waals surface area contributed by atoms with Gasteiger partial charge in [-0.15, -0.1) is 0 Å². The molecule has 1 aromatic heterocycles. The third-order valence-electron chi connectivity index (χ3n) is 4.55. The van der Waals surface area contributed by atoms with Gasteiger partial charge in [0.15, 0.2) is 11.6 Å². The molecule has 0 saturated heterocycles. The molecule has 162 valence electrons. The minimum Gasteiger partial charge on any atom is -0.443 e. The lowest BCUT2D eigenvalue weighted by Gasteiger charge is -2.36. The molecule has 0 unspecified atom stereocenters. The highest BCUT2D eigenvalue weighted by molar-refractivity contribution is 5.98. The molecule has 0 fully saturated rings. The van der Waals surface area contributed by atoms with Gasteiger partial charge in [0.1, 0.15) is 11.2 Å². The highest BCUT2D eigenvalue weighted by Crippen LogP contribution is 2.37. The van der Waals surface area contributed by atoms with Crippen molar-refractivity contribution >= 4 is 28.7 Å². The van der Waals surface area contributed by atoms with Crippen molar-refractivity contribution in [2.24, 2.45) is 0 Å². The molecule has 0 radical (unpaired) electrons. The van der Waals surface area contributed by atoms with Gasteiger partial charge in [0.2, 0.25) is 0 Å². The van der Waals surface area contributed by atoms with Gasteiger partial charge in [-0.25, -0.2) is 23.3 Å². The number of ether oxygens (including phenoxy) is 2. The van der Waals surface area contributed by atoms with Gasteiger partial charge in [0.05, 0.1) is 11.6 Å². The molecule has 0 spiro atoms. The van der Waals surface area contributed by atoms with Crippen LogP contribution in [0.4, 0.5) is 18.4 Å². The van der Waals surface area contributed by atoms with Crippen molar-refractivity contribution in [3.05, 3.63) is 42.1 Å². The van der Waals surface area contributed by atoms with Gasteiger partial charge < -0.3 is 14.0 Å². The number of halogens is 2. The highest BCUT2D eigenvalue weighted by Gasteiger charge is 2.41. The number of benzene rings is 1. The van der Waals surface area contributed by atoms with Crippen LogP contribution in [-0.2, 0) is 16.0 Å². The second-order valence-corrected chi connectivity index (χ2v) is 9.32. The minimum absolute atomic E-state index is 0.110. The quantitative estimate of drug-likeness (QED) is 0.612. The summed E-state index contributed by atoms with van der Waals surface area (Å²) in [5.41, 5.74) is -0.643. The van der Waals surface area contributed by atoms with E-state index >= 15 is 0 Å². The molecule has 3 rings (SSSR count). The summed E-state index contributed by atoms with van der Waals surface area (Å²) in [5.74, 6) is -1.98. The van der Waals surface area contributed by atoms with Gasteiger partial charge in [-0.05, 0) is 59.2 Å². The van der Waals surface area contributed by atoms with Crippen LogP contribution >= 0.6 is 0 Å². The van der Waals surface area contributed by atoms with Crippen molar-refractivity contribution in [2.45, 2.75) is 65.3 Å².